The monoisotopic (exact) mass is 358 g/mol. The number of halogens is 2. The summed E-state index contributed by atoms with van der Waals surface area (Å²) < 4.78 is 26.6. The molecule has 0 aliphatic carbocycles. The summed E-state index contributed by atoms with van der Waals surface area (Å²) in [4.78, 5) is 6.59. The van der Waals surface area contributed by atoms with Crippen molar-refractivity contribution in [1.29, 1.82) is 0 Å². The van der Waals surface area contributed by atoms with Gasteiger partial charge in [0.15, 0.2) is 5.96 Å². The summed E-state index contributed by atoms with van der Waals surface area (Å²) in [6.45, 7) is 2.44. The van der Waals surface area contributed by atoms with Gasteiger partial charge in [0.2, 0.25) is 0 Å². The van der Waals surface area contributed by atoms with Crippen molar-refractivity contribution in [2.24, 2.45) is 4.99 Å². The molecule has 2 N–H and O–H groups in total. The van der Waals surface area contributed by atoms with Crippen LogP contribution in [0.4, 0.5) is 14.5 Å². The standard InChI is InChI=1S/C20H24F2N4/c1-23-20(24-11-9-15-7-8-16(21)13-19(15)22)25-17-10-12-26(14-17)18-5-3-2-4-6-18/h2-8,13,17H,9-12,14H2,1H3,(H2,23,24,25). The molecule has 2 aromatic rings. The lowest BCUT2D eigenvalue weighted by Gasteiger charge is -2.20. The Hall–Kier alpha value is -2.63. The second kappa shape index (κ2) is 8.65. The van der Waals surface area contributed by atoms with Crippen LogP contribution >= 0.6 is 0 Å². The first kappa shape index (κ1) is 18.2. The van der Waals surface area contributed by atoms with Crippen LogP contribution in [0, 0.1) is 11.6 Å². The summed E-state index contributed by atoms with van der Waals surface area (Å²) in [5.74, 6) is -0.364. The van der Waals surface area contributed by atoms with E-state index in [4.69, 9.17) is 0 Å². The van der Waals surface area contributed by atoms with Gasteiger partial charge in [0.1, 0.15) is 11.6 Å². The summed E-state index contributed by atoms with van der Waals surface area (Å²) in [6.07, 6.45) is 1.50. The molecule has 0 radical (unpaired) electrons. The van der Waals surface area contributed by atoms with Crippen molar-refractivity contribution in [3.05, 3.63) is 65.7 Å². The number of para-hydroxylation sites is 1. The average Bonchev–Trinajstić information content (AvgIpc) is 3.12. The van der Waals surface area contributed by atoms with Gasteiger partial charge in [-0.15, -0.1) is 0 Å². The minimum Gasteiger partial charge on any atom is -0.369 e. The Morgan fingerprint density at radius 3 is 2.73 bits per heavy atom. The number of guanidine groups is 1. The molecule has 0 bridgehead atoms. The zero-order valence-corrected chi connectivity index (χ0v) is 14.9. The van der Waals surface area contributed by atoms with Crippen LogP contribution in [-0.2, 0) is 6.42 Å². The van der Waals surface area contributed by atoms with E-state index >= 15 is 0 Å². The van der Waals surface area contributed by atoms with Crippen molar-refractivity contribution in [1.82, 2.24) is 10.6 Å². The molecule has 0 spiro atoms. The van der Waals surface area contributed by atoms with Crippen LogP contribution in [0.5, 0.6) is 0 Å². The number of benzene rings is 2. The number of rotatable bonds is 5. The summed E-state index contributed by atoms with van der Waals surface area (Å²) >= 11 is 0. The maximum atomic E-state index is 13.7. The lowest BCUT2D eigenvalue weighted by molar-refractivity contribution is 0.570. The molecule has 1 saturated heterocycles. The Morgan fingerprint density at radius 1 is 1.19 bits per heavy atom. The molecule has 1 aliphatic heterocycles. The maximum absolute atomic E-state index is 13.7. The molecule has 0 amide bonds. The SMILES string of the molecule is CN=C(NCCc1ccc(F)cc1F)NC1CCN(c2ccccc2)C1. The second-order valence-electron chi connectivity index (χ2n) is 6.40. The topological polar surface area (TPSA) is 39.7 Å². The van der Waals surface area contributed by atoms with E-state index in [0.717, 1.165) is 25.6 Å². The molecule has 2 aromatic carbocycles. The highest BCUT2D eigenvalue weighted by molar-refractivity contribution is 5.80. The lowest BCUT2D eigenvalue weighted by atomic mass is 10.1. The van der Waals surface area contributed by atoms with Crippen LogP contribution in [0.15, 0.2) is 53.5 Å². The molecule has 0 aromatic heterocycles. The van der Waals surface area contributed by atoms with Crippen molar-refractivity contribution < 1.29 is 8.78 Å². The summed E-state index contributed by atoms with van der Waals surface area (Å²) in [6, 6.07) is 14.3. The molecular formula is C20H24F2N4. The van der Waals surface area contributed by atoms with Gasteiger partial charge in [0.25, 0.3) is 0 Å². The molecule has 3 rings (SSSR count). The van der Waals surface area contributed by atoms with Crippen LogP contribution < -0.4 is 15.5 Å². The van der Waals surface area contributed by atoms with Crippen LogP contribution in [0.2, 0.25) is 0 Å². The molecule has 1 aliphatic rings. The van der Waals surface area contributed by atoms with Crippen LogP contribution in [-0.4, -0.2) is 38.7 Å². The smallest absolute Gasteiger partial charge is 0.191 e. The molecule has 26 heavy (non-hydrogen) atoms. The predicted molar refractivity (Wildman–Crippen MR) is 102 cm³/mol. The minimum absolute atomic E-state index is 0.309. The molecule has 1 fully saturated rings. The van der Waals surface area contributed by atoms with Crippen molar-refractivity contribution in [2.45, 2.75) is 18.9 Å². The van der Waals surface area contributed by atoms with Gasteiger partial charge in [-0.05, 0) is 36.6 Å². The van der Waals surface area contributed by atoms with Crippen LogP contribution in [0.3, 0.4) is 0 Å². The largest absolute Gasteiger partial charge is 0.369 e. The molecule has 4 nitrogen and oxygen atoms in total. The van der Waals surface area contributed by atoms with E-state index in [1.807, 2.05) is 18.2 Å². The Balaban J connectivity index is 1.46. The van der Waals surface area contributed by atoms with Crippen molar-refractivity contribution in [3.8, 4) is 0 Å². The fourth-order valence-electron chi connectivity index (χ4n) is 3.18. The predicted octanol–water partition coefficient (Wildman–Crippen LogP) is 2.95. The van der Waals surface area contributed by atoms with E-state index in [9.17, 15) is 8.78 Å². The van der Waals surface area contributed by atoms with E-state index in [1.54, 1.807) is 7.05 Å². The summed E-state index contributed by atoms with van der Waals surface area (Å²) in [5.41, 5.74) is 1.72. The molecule has 0 saturated carbocycles. The zero-order valence-electron chi connectivity index (χ0n) is 14.9. The van der Waals surface area contributed by atoms with Gasteiger partial charge in [-0.25, -0.2) is 8.78 Å². The first-order chi connectivity index (χ1) is 12.7. The van der Waals surface area contributed by atoms with E-state index in [-0.39, 0.29) is 0 Å². The number of nitrogens with zero attached hydrogens (tertiary/aromatic N) is 2. The van der Waals surface area contributed by atoms with Gasteiger partial charge in [-0.3, -0.25) is 4.99 Å². The van der Waals surface area contributed by atoms with E-state index < -0.39 is 11.6 Å². The molecular weight excluding hydrogens is 334 g/mol. The highest BCUT2D eigenvalue weighted by Crippen LogP contribution is 2.19. The Kier molecular flexibility index (Phi) is 6.04. The Morgan fingerprint density at radius 2 is 2.00 bits per heavy atom. The number of anilines is 1. The fourth-order valence-corrected chi connectivity index (χ4v) is 3.18. The number of hydrogen-bond donors (Lipinski definition) is 2. The summed E-state index contributed by atoms with van der Waals surface area (Å²) in [5, 5.41) is 6.62. The van der Waals surface area contributed by atoms with Gasteiger partial charge in [0, 0.05) is 44.5 Å². The normalized spacial score (nSPS) is 17.4. The van der Waals surface area contributed by atoms with Crippen molar-refractivity contribution in [3.63, 3.8) is 0 Å². The lowest BCUT2D eigenvalue weighted by Crippen LogP contribution is -2.45. The number of hydrogen-bond acceptors (Lipinski definition) is 2. The van der Waals surface area contributed by atoms with Crippen LogP contribution in [0.25, 0.3) is 0 Å². The highest BCUT2D eigenvalue weighted by atomic mass is 19.1. The van der Waals surface area contributed by atoms with Gasteiger partial charge in [-0.2, -0.15) is 0 Å². The Bertz CT molecular complexity index is 749. The van der Waals surface area contributed by atoms with Crippen molar-refractivity contribution in [2.75, 3.05) is 31.6 Å². The van der Waals surface area contributed by atoms with Gasteiger partial charge < -0.3 is 15.5 Å². The molecule has 138 valence electrons. The quantitative estimate of drug-likeness (QED) is 0.638. The van der Waals surface area contributed by atoms with Crippen LogP contribution in [0.1, 0.15) is 12.0 Å². The molecule has 1 unspecified atom stereocenters. The fraction of sp³-hybridized carbons (Fsp3) is 0.350. The summed E-state index contributed by atoms with van der Waals surface area (Å²) in [7, 11) is 1.72. The first-order valence-electron chi connectivity index (χ1n) is 8.87. The molecule has 1 heterocycles. The number of nitrogens with one attached hydrogen (secondary N) is 2. The highest BCUT2D eigenvalue weighted by Gasteiger charge is 2.23. The van der Waals surface area contributed by atoms with Gasteiger partial charge in [-0.1, -0.05) is 24.3 Å². The third-order valence-electron chi connectivity index (χ3n) is 4.58. The first-order valence-corrected chi connectivity index (χ1v) is 8.87. The zero-order chi connectivity index (χ0) is 18.4. The van der Waals surface area contributed by atoms with E-state index in [1.165, 1.54) is 17.8 Å². The maximum Gasteiger partial charge on any atom is 0.191 e. The van der Waals surface area contributed by atoms with E-state index in [2.05, 4.69) is 32.7 Å². The van der Waals surface area contributed by atoms with E-state index in [0.29, 0.717) is 30.5 Å². The average molecular weight is 358 g/mol. The molecule has 6 heteroatoms. The van der Waals surface area contributed by atoms with Gasteiger partial charge >= 0.3 is 0 Å². The Labute approximate surface area is 152 Å². The van der Waals surface area contributed by atoms with Crippen molar-refractivity contribution >= 4 is 11.6 Å². The number of aliphatic imine (C=N–C) groups is 1. The third-order valence-corrected chi connectivity index (χ3v) is 4.58. The van der Waals surface area contributed by atoms with Gasteiger partial charge in [0.05, 0.1) is 0 Å². The molecule has 1 atom stereocenters. The minimum atomic E-state index is -0.555. The second-order valence-corrected chi connectivity index (χ2v) is 6.40. The third kappa shape index (κ3) is 4.71.